The van der Waals surface area contributed by atoms with Crippen molar-refractivity contribution in [3.05, 3.63) is 64.7 Å². The number of halogens is 3. The fourth-order valence-corrected chi connectivity index (χ4v) is 2.98. The number of amides is 1. The van der Waals surface area contributed by atoms with E-state index in [0.29, 0.717) is 0 Å². The third-order valence-corrected chi connectivity index (χ3v) is 5.03. The highest BCUT2D eigenvalue weighted by Gasteiger charge is 2.34. The molecule has 2 rings (SSSR count). The summed E-state index contributed by atoms with van der Waals surface area (Å²) in [4.78, 5) is 12.4. The van der Waals surface area contributed by atoms with Gasteiger partial charge in [-0.05, 0) is 61.8 Å². The Hall–Kier alpha value is -1.53. The number of anilines is 1. The van der Waals surface area contributed by atoms with Gasteiger partial charge in [-0.15, -0.1) is 0 Å². The summed E-state index contributed by atoms with van der Waals surface area (Å²) in [5, 5.41) is 8.81. The number of aryl methyl sites for hydroxylation is 3. The molecule has 2 aromatic carbocycles. The molecule has 28 heavy (non-hydrogen) atoms. The van der Waals surface area contributed by atoms with Crippen LogP contribution >= 0.6 is 47.0 Å². The van der Waals surface area contributed by atoms with Gasteiger partial charge in [0.25, 0.3) is 0 Å². The minimum absolute atomic E-state index is 0.163. The lowest BCUT2D eigenvalue weighted by atomic mass is 10.1. The van der Waals surface area contributed by atoms with E-state index < -0.39 is 9.96 Å². The molecule has 0 fully saturated rings. The number of nitrogens with one attached hydrogen (secondary N) is 3. The van der Waals surface area contributed by atoms with Crippen LogP contribution in [0.25, 0.3) is 0 Å². The Labute approximate surface area is 185 Å². The van der Waals surface area contributed by atoms with Crippen molar-refractivity contribution in [2.45, 2.75) is 37.2 Å². The van der Waals surface area contributed by atoms with E-state index in [1.807, 2.05) is 63.2 Å². The standard InChI is InChI=1S/C20H22Cl3N3OS/c1-12-4-7-15(8-5-12)11-17(27)25-18(20(21,22)23)26-19(28)24-16-9-6-13(2)14(3)10-16/h4-10,18H,11H2,1-3H3,(H,25,27)(H2,24,26,28). The van der Waals surface area contributed by atoms with Gasteiger partial charge in [0.1, 0.15) is 6.17 Å². The highest BCUT2D eigenvalue weighted by Crippen LogP contribution is 2.29. The molecule has 0 bridgehead atoms. The number of rotatable bonds is 5. The first-order valence-electron chi connectivity index (χ1n) is 8.61. The number of alkyl halides is 3. The van der Waals surface area contributed by atoms with Gasteiger partial charge in [-0.1, -0.05) is 70.7 Å². The molecule has 0 radical (unpaired) electrons. The zero-order valence-electron chi connectivity index (χ0n) is 15.8. The van der Waals surface area contributed by atoms with Crippen molar-refractivity contribution >= 4 is 63.7 Å². The molecular formula is C20H22Cl3N3OS. The number of hydrogen-bond donors (Lipinski definition) is 3. The Balaban J connectivity index is 2.00. The highest BCUT2D eigenvalue weighted by molar-refractivity contribution is 7.80. The first-order chi connectivity index (χ1) is 13.0. The van der Waals surface area contributed by atoms with E-state index in [-0.39, 0.29) is 17.4 Å². The molecular weight excluding hydrogens is 437 g/mol. The summed E-state index contributed by atoms with van der Waals surface area (Å²) in [5.74, 6) is -0.290. The lowest BCUT2D eigenvalue weighted by Gasteiger charge is -2.28. The maximum atomic E-state index is 12.4. The fraction of sp³-hybridized carbons (Fsp3) is 0.300. The number of hydrogen-bond acceptors (Lipinski definition) is 2. The van der Waals surface area contributed by atoms with E-state index in [4.69, 9.17) is 47.0 Å². The van der Waals surface area contributed by atoms with Crippen LogP contribution in [0.5, 0.6) is 0 Å². The molecule has 0 spiro atoms. The van der Waals surface area contributed by atoms with Gasteiger partial charge in [-0.3, -0.25) is 4.79 Å². The molecule has 150 valence electrons. The molecule has 0 aliphatic heterocycles. The second-order valence-electron chi connectivity index (χ2n) is 6.60. The molecule has 2 aromatic rings. The third-order valence-electron chi connectivity index (χ3n) is 4.16. The first kappa shape index (κ1) is 22.8. The van der Waals surface area contributed by atoms with E-state index in [0.717, 1.165) is 22.4 Å². The Kier molecular flexibility index (Phi) is 7.96. The number of carbonyl (C=O) groups excluding carboxylic acids is 1. The van der Waals surface area contributed by atoms with Crippen molar-refractivity contribution in [2.24, 2.45) is 0 Å². The first-order valence-corrected chi connectivity index (χ1v) is 10.1. The second kappa shape index (κ2) is 9.79. The van der Waals surface area contributed by atoms with Crippen LogP contribution in [0.2, 0.25) is 0 Å². The minimum atomic E-state index is -1.79. The summed E-state index contributed by atoms with van der Waals surface area (Å²) in [6.07, 6.45) is -0.835. The van der Waals surface area contributed by atoms with Crippen molar-refractivity contribution in [2.75, 3.05) is 5.32 Å². The van der Waals surface area contributed by atoms with Gasteiger partial charge >= 0.3 is 0 Å². The van der Waals surface area contributed by atoms with Gasteiger partial charge in [0.2, 0.25) is 9.70 Å². The van der Waals surface area contributed by atoms with Gasteiger partial charge in [0.05, 0.1) is 6.42 Å². The molecule has 4 nitrogen and oxygen atoms in total. The van der Waals surface area contributed by atoms with Crippen LogP contribution in [-0.4, -0.2) is 21.0 Å². The van der Waals surface area contributed by atoms with Crippen LogP contribution in [0.3, 0.4) is 0 Å². The van der Waals surface area contributed by atoms with Crippen LogP contribution in [0.15, 0.2) is 42.5 Å². The molecule has 1 unspecified atom stereocenters. The summed E-state index contributed by atoms with van der Waals surface area (Å²) < 4.78 is -1.79. The number of carbonyl (C=O) groups is 1. The van der Waals surface area contributed by atoms with Crippen LogP contribution in [0, 0.1) is 20.8 Å². The normalized spacial score (nSPS) is 12.2. The molecule has 0 heterocycles. The third kappa shape index (κ3) is 7.13. The summed E-state index contributed by atoms with van der Waals surface area (Å²) in [5.41, 5.74) is 5.08. The van der Waals surface area contributed by atoms with Crippen LogP contribution in [0.4, 0.5) is 5.69 Å². The largest absolute Gasteiger partial charge is 0.339 e. The molecule has 0 aliphatic carbocycles. The lowest BCUT2D eigenvalue weighted by molar-refractivity contribution is -0.121. The Morgan fingerprint density at radius 3 is 2.21 bits per heavy atom. The van der Waals surface area contributed by atoms with E-state index in [1.165, 1.54) is 5.56 Å². The van der Waals surface area contributed by atoms with Crippen LogP contribution < -0.4 is 16.0 Å². The molecule has 0 saturated heterocycles. The molecule has 0 aromatic heterocycles. The Bertz CT molecular complexity index is 851. The second-order valence-corrected chi connectivity index (χ2v) is 9.38. The summed E-state index contributed by atoms with van der Waals surface area (Å²) in [6.45, 7) is 6.01. The maximum absolute atomic E-state index is 12.4. The van der Waals surface area contributed by atoms with Gasteiger partial charge in [0, 0.05) is 5.69 Å². The molecule has 1 atom stereocenters. The summed E-state index contributed by atoms with van der Waals surface area (Å²) in [6, 6.07) is 13.5. The van der Waals surface area contributed by atoms with E-state index in [9.17, 15) is 4.79 Å². The quantitative estimate of drug-likeness (QED) is 0.337. The van der Waals surface area contributed by atoms with Crippen molar-refractivity contribution in [3.63, 3.8) is 0 Å². The average Bonchev–Trinajstić information content (AvgIpc) is 2.59. The Morgan fingerprint density at radius 1 is 1.00 bits per heavy atom. The van der Waals surface area contributed by atoms with Crippen molar-refractivity contribution in [1.29, 1.82) is 0 Å². The van der Waals surface area contributed by atoms with E-state index >= 15 is 0 Å². The van der Waals surface area contributed by atoms with Crippen molar-refractivity contribution in [1.82, 2.24) is 10.6 Å². The van der Waals surface area contributed by atoms with Gasteiger partial charge in [-0.25, -0.2) is 0 Å². The minimum Gasteiger partial charge on any atom is -0.339 e. The summed E-state index contributed by atoms with van der Waals surface area (Å²) in [7, 11) is 0. The van der Waals surface area contributed by atoms with E-state index in [1.54, 1.807) is 0 Å². The predicted octanol–water partition coefficient (Wildman–Crippen LogP) is 4.95. The number of thiocarbonyl (C=S) groups is 1. The molecule has 1 amide bonds. The zero-order valence-corrected chi connectivity index (χ0v) is 18.9. The van der Waals surface area contributed by atoms with Gasteiger partial charge in [0.15, 0.2) is 5.11 Å². The maximum Gasteiger partial charge on any atom is 0.228 e. The average molecular weight is 459 g/mol. The van der Waals surface area contributed by atoms with Crippen LogP contribution in [0.1, 0.15) is 22.3 Å². The predicted molar refractivity (Wildman–Crippen MR) is 122 cm³/mol. The van der Waals surface area contributed by atoms with E-state index in [2.05, 4.69) is 16.0 Å². The molecule has 8 heteroatoms. The molecule has 0 saturated carbocycles. The summed E-state index contributed by atoms with van der Waals surface area (Å²) >= 11 is 23.4. The lowest BCUT2D eigenvalue weighted by Crippen LogP contribution is -2.56. The topological polar surface area (TPSA) is 53.2 Å². The van der Waals surface area contributed by atoms with Gasteiger partial charge in [-0.2, -0.15) is 0 Å². The van der Waals surface area contributed by atoms with Crippen molar-refractivity contribution in [3.8, 4) is 0 Å². The smallest absolute Gasteiger partial charge is 0.228 e. The Morgan fingerprint density at radius 2 is 1.64 bits per heavy atom. The fourth-order valence-electron chi connectivity index (χ4n) is 2.42. The zero-order chi connectivity index (χ0) is 20.9. The molecule has 0 aliphatic rings. The SMILES string of the molecule is Cc1ccc(CC(=O)NC(NC(=S)Nc2ccc(C)c(C)c2)C(Cl)(Cl)Cl)cc1. The monoisotopic (exact) mass is 457 g/mol. The van der Waals surface area contributed by atoms with Gasteiger partial charge < -0.3 is 16.0 Å². The van der Waals surface area contributed by atoms with Crippen molar-refractivity contribution < 1.29 is 4.79 Å². The highest BCUT2D eigenvalue weighted by atomic mass is 35.6. The number of benzene rings is 2. The molecule has 3 N–H and O–H groups in total. The van der Waals surface area contributed by atoms with Crippen LogP contribution in [-0.2, 0) is 11.2 Å².